The number of nitrogens with zero attached hydrogens (tertiary/aromatic N) is 1. The molecule has 0 aromatic heterocycles. The Labute approximate surface area is 146 Å². The molecule has 0 bridgehead atoms. The summed E-state index contributed by atoms with van der Waals surface area (Å²) < 4.78 is 6.29. The van der Waals surface area contributed by atoms with Gasteiger partial charge in [0.1, 0.15) is 0 Å². The Bertz CT molecular complexity index is 382. The average molecular weight is 345 g/mol. The van der Waals surface area contributed by atoms with Crippen molar-refractivity contribution in [1.82, 2.24) is 4.90 Å². The molecule has 0 aromatic rings. The number of piperidine rings is 1. The lowest BCUT2D eigenvalue weighted by Crippen LogP contribution is -2.55. The molecule has 1 saturated heterocycles. The van der Waals surface area contributed by atoms with Crippen LogP contribution in [0.1, 0.15) is 71.1 Å². The predicted octanol–water partition coefficient (Wildman–Crippen LogP) is 3.27. The zero-order valence-electron chi connectivity index (χ0n) is 14.5. The molecule has 1 amide bonds. The topological polar surface area (TPSA) is 55.6 Å². The van der Waals surface area contributed by atoms with E-state index in [9.17, 15) is 4.79 Å². The molecule has 3 rings (SSSR count). The maximum absolute atomic E-state index is 12.6. The first-order valence-corrected chi connectivity index (χ1v) is 9.30. The van der Waals surface area contributed by atoms with E-state index in [2.05, 4.69) is 6.92 Å². The number of ether oxygens (including phenoxy) is 1. The van der Waals surface area contributed by atoms with Gasteiger partial charge in [-0.1, -0.05) is 19.8 Å². The third-order valence-corrected chi connectivity index (χ3v) is 6.00. The Kier molecular flexibility index (Phi) is 6.76. The van der Waals surface area contributed by atoms with Crippen LogP contribution >= 0.6 is 12.4 Å². The molecule has 4 nitrogen and oxygen atoms in total. The Morgan fingerprint density at radius 1 is 1.00 bits per heavy atom. The van der Waals surface area contributed by atoms with Crippen LogP contribution in [0.25, 0.3) is 0 Å². The lowest BCUT2D eigenvalue weighted by molar-refractivity contribution is -0.140. The Hall–Kier alpha value is -0.320. The van der Waals surface area contributed by atoms with E-state index < -0.39 is 5.54 Å². The summed E-state index contributed by atoms with van der Waals surface area (Å²) in [5, 5.41) is 0. The van der Waals surface area contributed by atoms with Crippen LogP contribution in [-0.4, -0.2) is 41.6 Å². The van der Waals surface area contributed by atoms with Crippen molar-refractivity contribution in [1.29, 1.82) is 0 Å². The minimum absolute atomic E-state index is 0. The van der Waals surface area contributed by atoms with Crippen LogP contribution in [0, 0.1) is 5.92 Å². The van der Waals surface area contributed by atoms with Gasteiger partial charge in [0.05, 0.1) is 17.7 Å². The van der Waals surface area contributed by atoms with Gasteiger partial charge in [-0.2, -0.15) is 0 Å². The highest BCUT2D eigenvalue weighted by Crippen LogP contribution is 2.31. The molecule has 5 heteroatoms. The van der Waals surface area contributed by atoms with Crippen LogP contribution in [0.15, 0.2) is 0 Å². The lowest BCUT2D eigenvalue weighted by atomic mass is 9.88. The standard InChI is InChI=1S/C18H32N2O2.ClH/c1-14-4-6-15(7-5-14)22-16-8-12-20(13-9-16)17(21)18(19)10-2-3-11-18;/h14-16H,2-13,19H2,1H3;1H. The molecule has 2 aliphatic carbocycles. The highest BCUT2D eigenvalue weighted by Gasteiger charge is 2.40. The molecule has 0 radical (unpaired) electrons. The minimum atomic E-state index is -0.562. The molecule has 3 fully saturated rings. The average Bonchev–Trinajstić information content (AvgIpc) is 2.98. The number of hydrogen-bond acceptors (Lipinski definition) is 3. The maximum atomic E-state index is 12.6. The summed E-state index contributed by atoms with van der Waals surface area (Å²) in [6, 6.07) is 0. The summed E-state index contributed by atoms with van der Waals surface area (Å²) in [6.07, 6.45) is 11.7. The molecule has 2 saturated carbocycles. The molecular weight excluding hydrogens is 312 g/mol. The molecule has 23 heavy (non-hydrogen) atoms. The highest BCUT2D eigenvalue weighted by atomic mass is 35.5. The second-order valence-electron chi connectivity index (χ2n) is 7.87. The van der Waals surface area contributed by atoms with Crippen molar-refractivity contribution >= 4 is 18.3 Å². The van der Waals surface area contributed by atoms with Gasteiger partial charge in [-0.3, -0.25) is 4.79 Å². The zero-order chi connectivity index (χ0) is 15.6. The van der Waals surface area contributed by atoms with E-state index in [4.69, 9.17) is 10.5 Å². The third kappa shape index (κ3) is 4.61. The van der Waals surface area contributed by atoms with E-state index in [1.807, 2.05) is 4.90 Å². The first-order chi connectivity index (χ1) is 10.6. The van der Waals surface area contributed by atoms with Gasteiger partial charge in [0.15, 0.2) is 0 Å². The molecular formula is C18H33ClN2O2. The number of hydrogen-bond donors (Lipinski definition) is 1. The molecule has 0 atom stereocenters. The number of halogens is 1. The molecule has 0 unspecified atom stereocenters. The van der Waals surface area contributed by atoms with E-state index in [-0.39, 0.29) is 18.3 Å². The quantitative estimate of drug-likeness (QED) is 0.854. The van der Waals surface area contributed by atoms with Crippen LogP contribution in [0.4, 0.5) is 0 Å². The first kappa shape index (κ1) is 19.0. The molecule has 0 spiro atoms. The Balaban J connectivity index is 0.00000192. The van der Waals surface area contributed by atoms with Crippen LogP contribution in [0.5, 0.6) is 0 Å². The van der Waals surface area contributed by atoms with E-state index in [0.29, 0.717) is 12.2 Å². The van der Waals surface area contributed by atoms with Gasteiger partial charge in [0.25, 0.3) is 0 Å². The number of carbonyl (C=O) groups is 1. The number of carbonyl (C=O) groups excluding carboxylic acids is 1. The monoisotopic (exact) mass is 344 g/mol. The van der Waals surface area contributed by atoms with Gasteiger partial charge < -0.3 is 15.4 Å². The first-order valence-electron chi connectivity index (χ1n) is 9.30. The van der Waals surface area contributed by atoms with E-state index in [1.165, 1.54) is 25.7 Å². The summed E-state index contributed by atoms with van der Waals surface area (Å²) in [5.41, 5.74) is 5.75. The molecule has 1 heterocycles. The summed E-state index contributed by atoms with van der Waals surface area (Å²) in [6.45, 7) is 3.99. The van der Waals surface area contributed by atoms with Crippen LogP contribution < -0.4 is 5.73 Å². The fourth-order valence-corrected chi connectivity index (χ4v) is 4.37. The third-order valence-electron chi connectivity index (χ3n) is 6.00. The minimum Gasteiger partial charge on any atom is -0.375 e. The van der Waals surface area contributed by atoms with Crippen molar-refractivity contribution in [2.45, 2.75) is 88.9 Å². The Morgan fingerprint density at radius 3 is 2.09 bits per heavy atom. The van der Waals surface area contributed by atoms with Gasteiger partial charge in [0, 0.05) is 13.1 Å². The highest BCUT2D eigenvalue weighted by molar-refractivity contribution is 5.86. The largest absolute Gasteiger partial charge is 0.375 e. The van der Waals surface area contributed by atoms with Gasteiger partial charge in [-0.05, 0) is 57.3 Å². The predicted molar refractivity (Wildman–Crippen MR) is 94.7 cm³/mol. The number of amides is 1. The van der Waals surface area contributed by atoms with Gasteiger partial charge >= 0.3 is 0 Å². The van der Waals surface area contributed by atoms with Gasteiger partial charge in [0.2, 0.25) is 5.91 Å². The summed E-state index contributed by atoms with van der Waals surface area (Å²) >= 11 is 0. The van der Waals surface area contributed by atoms with Crippen molar-refractivity contribution in [2.24, 2.45) is 11.7 Å². The fraction of sp³-hybridized carbons (Fsp3) is 0.944. The number of rotatable bonds is 3. The van der Waals surface area contributed by atoms with Crippen molar-refractivity contribution in [3.63, 3.8) is 0 Å². The Morgan fingerprint density at radius 2 is 1.52 bits per heavy atom. The maximum Gasteiger partial charge on any atom is 0.242 e. The normalized spacial score (nSPS) is 31.7. The fourth-order valence-electron chi connectivity index (χ4n) is 4.37. The van der Waals surface area contributed by atoms with Crippen LogP contribution in [0.2, 0.25) is 0 Å². The van der Waals surface area contributed by atoms with Crippen molar-refractivity contribution in [3.8, 4) is 0 Å². The number of likely N-dealkylation sites (tertiary alicyclic amines) is 1. The van der Waals surface area contributed by atoms with E-state index in [1.54, 1.807) is 0 Å². The smallest absolute Gasteiger partial charge is 0.242 e. The van der Waals surface area contributed by atoms with E-state index in [0.717, 1.165) is 57.5 Å². The van der Waals surface area contributed by atoms with E-state index >= 15 is 0 Å². The van der Waals surface area contributed by atoms with Crippen molar-refractivity contribution in [3.05, 3.63) is 0 Å². The summed E-state index contributed by atoms with van der Waals surface area (Å²) in [4.78, 5) is 14.6. The summed E-state index contributed by atoms with van der Waals surface area (Å²) in [5.74, 6) is 1.06. The second kappa shape index (κ2) is 8.17. The van der Waals surface area contributed by atoms with Gasteiger partial charge in [-0.15, -0.1) is 12.4 Å². The summed E-state index contributed by atoms with van der Waals surface area (Å²) in [7, 11) is 0. The SMILES string of the molecule is CC1CCC(OC2CCN(C(=O)C3(N)CCCC3)CC2)CC1.Cl. The molecule has 0 aromatic carbocycles. The molecule has 3 aliphatic rings. The molecule has 134 valence electrons. The molecule has 1 aliphatic heterocycles. The molecule has 2 N–H and O–H groups in total. The number of nitrogens with two attached hydrogens (primary N) is 1. The second-order valence-corrected chi connectivity index (χ2v) is 7.87. The van der Waals surface area contributed by atoms with Crippen molar-refractivity contribution in [2.75, 3.05) is 13.1 Å². The van der Waals surface area contributed by atoms with Crippen LogP contribution in [0.3, 0.4) is 0 Å². The van der Waals surface area contributed by atoms with Gasteiger partial charge in [-0.25, -0.2) is 0 Å². The zero-order valence-corrected chi connectivity index (χ0v) is 15.3. The lowest BCUT2D eigenvalue weighted by Gasteiger charge is -2.38. The van der Waals surface area contributed by atoms with Crippen molar-refractivity contribution < 1.29 is 9.53 Å². The van der Waals surface area contributed by atoms with Crippen LogP contribution in [-0.2, 0) is 9.53 Å².